The molecule has 0 N–H and O–H groups in total. The first-order valence-corrected chi connectivity index (χ1v) is 11.2. The zero-order valence-corrected chi connectivity index (χ0v) is 18.5. The molecule has 0 bridgehead atoms. The van der Waals surface area contributed by atoms with Gasteiger partial charge < -0.3 is 4.74 Å². The third-order valence-electron chi connectivity index (χ3n) is 3.91. The van der Waals surface area contributed by atoms with Crippen LogP contribution in [0.3, 0.4) is 0 Å². The summed E-state index contributed by atoms with van der Waals surface area (Å²) in [7, 11) is 0. The summed E-state index contributed by atoms with van der Waals surface area (Å²) in [4.78, 5) is 20.7. The highest BCUT2D eigenvalue weighted by Gasteiger charge is 2.17. The summed E-state index contributed by atoms with van der Waals surface area (Å²) in [6.07, 6.45) is 0. The lowest BCUT2D eigenvalue weighted by molar-refractivity contribution is -0.139. The Balaban J connectivity index is 1.85. The smallest absolute Gasteiger partial charge is 0.316 e. The molecule has 3 rings (SSSR count). The van der Waals surface area contributed by atoms with E-state index in [4.69, 9.17) is 4.74 Å². The maximum Gasteiger partial charge on any atom is 0.316 e. The van der Waals surface area contributed by atoms with Gasteiger partial charge >= 0.3 is 5.97 Å². The topological polar surface area (TPSA) is 82.8 Å². The molecule has 0 saturated heterocycles. The number of esters is 1. The first-order chi connectivity index (χ1) is 14.0. The molecule has 0 unspecified atom stereocenters. The van der Waals surface area contributed by atoms with Crippen molar-refractivity contribution in [3.8, 4) is 5.69 Å². The lowest BCUT2D eigenvalue weighted by Crippen LogP contribution is -2.08. The van der Waals surface area contributed by atoms with Gasteiger partial charge in [0, 0.05) is 17.1 Å². The number of thioether (sulfide) groups is 2. The van der Waals surface area contributed by atoms with E-state index < -0.39 is 0 Å². The van der Waals surface area contributed by atoms with Crippen LogP contribution in [0.2, 0.25) is 0 Å². The molecule has 2 heterocycles. The summed E-state index contributed by atoms with van der Waals surface area (Å²) in [5.41, 5.74) is 3.99. The fourth-order valence-electron chi connectivity index (χ4n) is 2.65. The molecule has 0 spiro atoms. The van der Waals surface area contributed by atoms with E-state index in [0.29, 0.717) is 22.7 Å². The van der Waals surface area contributed by atoms with Crippen molar-refractivity contribution in [2.45, 2.75) is 43.8 Å². The van der Waals surface area contributed by atoms with Crippen molar-refractivity contribution in [1.29, 1.82) is 0 Å². The minimum absolute atomic E-state index is 0.186. The number of hydrogen-bond acceptors (Lipinski definition) is 8. The van der Waals surface area contributed by atoms with Crippen LogP contribution in [0.5, 0.6) is 0 Å². The molecular weight excluding hydrogens is 406 g/mol. The van der Waals surface area contributed by atoms with Gasteiger partial charge in [0.25, 0.3) is 0 Å². The van der Waals surface area contributed by atoms with E-state index in [1.165, 1.54) is 29.1 Å². The quantitative estimate of drug-likeness (QED) is 0.303. The highest BCUT2D eigenvalue weighted by Crippen LogP contribution is 2.26. The van der Waals surface area contributed by atoms with Gasteiger partial charge in [-0.1, -0.05) is 41.2 Å². The van der Waals surface area contributed by atoms with Crippen molar-refractivity contribution >= 4 is 29.5 Å². The first kappa shape index (κ1) is 21.3. The number of ether oxygens (including phenoxy) is 1. The van der Waals surface area contributed by atoms with Crippen molar-refractivity contribution in [3.05, 3.63) is 53.1 Å². The van der Waals surface area contributed by atoms with E-state index in [1.54, 1.807) is 6.92 Å². The van der Waals surface area contributed by atoms with E-state index >= 15 is 0 Å². The Morgan fingerprint density at radius 2 is 1.72 bits per heavy atom. The summed E-state index contributed by atoms with van der Waals surface area (Å²) in [5.74, 6) is 1.25. The van der Waals surface area contributed by atoms with Gasteiger partial charge in [0.2, 0.25) is 0 Å². The number of aromatic nitrogens is 5. The van der Waals surface area contributed by atoms with Crippen molar-refractivity contribution < 1.29 is 9.53 Å². The van der Waals surface area contributed by atoms with E-state index in [2.05, 4.69) is 20.2 Å². The van der Waals surface area contributed by atoms with Crippen molar-refractivity contribution in [1.82, 2.24) is 24.7 Å². The molecule has 3 aromatic rings. The zero-order valence-electron chi connectivity index (χ0n) is 16.9. The first-order valence-electron chi connectivity index (χ1n) is 9.21. The average molecular weight is 430 g/mol. The highest BCUT2D eigenvalue weighted by atomic mass is 32.2. The van der Waals surface area contributed by atoms with Gasteiger partial charge in [-0.15, -0.1) is 10.2 Å². The predicted octanol–water partition coefficient (Wildman–Crippen LogP) is 3.93. The molecular formula is C20H23N5O2S2. The fraction of sp³-hybridized carbons (Fsp3) is 0.350. The van der Waals surface area contributed by atoms with Gasteiger partial charge in [-0.05, 0) is 45.9 Å². The Bertz CT molecular complexity index is 969. The van der Waals surface area contributed by atoms with Crippen LogP contribution >= 0.6 is 23.5 Å². The summed E-state index contributed by atoms with van der Waals surface area (Å²) in [6, 6.07) is 10.1. The molecule has 0 fully saturated rings. The molecule has 0 atom stereocenters. The SMILES string of the molecule is CCOC(=O)CSc1nnc(CSc2nc(C)cc(C)n2)n1-c1ccc(C)cc1. The molecule has 0 aliphatic rings. The van der Waals surface area contributed by atoms with Crippen LogP contribution in [0.25, 0.3) is 5.69 Å². The van der Waals surface area contributed by atoms with Gasteiger partial charge in [0.05, 0.1) is 18.1 Å². The lowest BCUT2D eigenvalue weighted by atomic mass is 10.2. The number of aryl methyl sites for hydroxylation is 3. The molecule has 0 aliphatic carbocycles. The third kappa shape index (κ3) is 5.80. The van der Waals surface area contributed by atoms with E-state index in [9.17, 15) is 4.79 Å². The number of benzene rings is 1. The Morgan fingerprint density at radius 1 is 1.03 bits per heavy atom. The summed E-state index contributed by atoms with van der Waals surface area (Å²) in [5, 5.41) is 10.0. The third-order valence-corrected chi connectivity index (χ3v) is 5.65. The number of nitrogens with zero attached hydrogens (tertiary/aromatic N) is 5. The van der Waals surface area contributed by atoms with Crippen LogP contribution in [-0.4, -0.2) is 43.1 Å². The average Bonchev–Trinajstić information content (AvgIpc) is 3.08. The maximum atomic E-state index is 11.8. The standard InChI is InChI=1S/C20H23N5O2S2/c1-5-27-18(26)12-29-20-24-23-17(25(20)16-8-6-13(2)7-9-16)11-28-19-21-14(3)10-15(4)22-19/h6-10H,5,11-12H2,1-4H3. The largest absolute Gasteiger partial charge is 0.465 e. The second-order valence-corrected chi connectivity index (χ2v) is 8.27. The van der Waals surface area contributed by atoms with Gasteiger partial charge in [-0.3, -0.25) is 9.36 Å². The lowest BCUT2D eigenvalue weighted by Gasteiger charge is -2.10. The van der Waals surface area contributed by atoms with Crippen LogP contribution in [0, 0.1) is 20.8 Å². The van der Waals surface area contributed by atoms with Gasteiger partial charge in [0.1, 0.15) is 5.82 Å². The fourth-order valence-corrected chi connectivity index (χ4v) is 4.28. The van der Waals surface area contributed by atoms with Crippen molar-refractivity contribution in [2.24, 2.45) is 0 Å². The summed E-state index contributed by atoms with van der Waals surface area (Å²) < 4.78 is 6.99. The monoisotopic (exact) mass is 429 g/mol. The van der Waals surface area contributed by atoms with Crippen LogP contribution in [0.1, 0.15) is 29.7 Å². The van der Waals surface area contributed by atoms with E-state index in [1.807, 2.05) is 55.7 Å². The molecule has 2 aromatic heterocycles. The van der Waals surface area contributed by atoms with Crippen LogP contribution < -0.4 is 0 Å². The second kappa shape index (κ2) is 9.89. The molecule has 0 radical (unpaired) electrons. The summed E-state index contributed by atoms with van der Waals surface area (Å²) >= 11 is 2.83. The minimum atomic E-state index is -0.268. The van der Waals surface area contributed by atoms with Crippen LogP contribution in [0.15, 0.2) is 40.6 Å². The summed E-state index contributed by atoms with van der Waals surface area (Å²) in [6.45, 7) is 8.11. The maximum absolute atomic E-state index is 11.8. The van der Waals surface area contributed by atoms with Gasteiger partial charge in [0.15, 0.2) is 10.3 Å². The molecule has 1 aromatic carbocycles. The Kier molecular flexibility index (Phi) is 7.27. The Hall–Kier alpha value is -2.39. The highest BCUT2D eigenvalue weighted by molar-refractivity contribution is 7.99. The van der Waals surface area contributed by atoms with Crippen molar-refractivity contribution in [2.75, 3.05) is 12.4 Å². The molecule has 152 valence electrons. The number of hydrogen-bond donors (Lipinski definition) is 0. The van der Waals surface area contributed by atoms with E-state index in [-0.39, 0.29) is 11.7 Å². The van der Waals surface area contributed by atoms with E-state index in [0.717, 1.165) is 22.9 Å². The van der Waals surface area contributed by atoms with Crippen LogP contribution in [-0.2, 0) is 15.3 Å². The Morgan fingerprint density at radius 3 is 2.38 bits per heavy atom. The van der Waals surface area contributed by atoms with Crippen molar-refractivity contribution in [3.63, 3.8) is 0 Å². The second-order valence-electron chi connectivity index (χ2n) is 6.39. The molecule has 7 nitrogen and oxygen atoms in total. The minimum Gasteiger partial charge on any atom is -0.465 e. The molecule has 0 saturated carbocycles. The molecule has 9 heteroatoms. The number of carbonyl (C=O) groups excluding carboxylic acids is 1. The number of carbonyl (C=O) groups is 1. The van der Waals surface area contributed by atoms with Crippen LogP contribution in [0.4, 0.5) is 0 Å². The number of rotatable bonds is 8. The Labute approximate surface area is 178 Å². The molecule has 29 heavy (non-hydrogen) atoms. The molecule has 0 amide bonds. The predicted molar refractivity (Wildman–Crippen MR) is 115 cm³/mol. The van der Waals surface area contributed by atoms with Gasteiger partial charge in [-0.2, -0.15) is 0 Å². The zero-order chi connectivity index (χ0) is 20.8. The van der Waals surface area contributed by atoms with Gasteiger partial charge in [-0.25, -0.2) is 9.97 Å². The molecule has 0 aliphatic heterocycles. The normalized spacial score (nSPS) is 10.9.